The highest BCUT2D eigenvalue weighted by atomic mass is 35.5. The van der Waals surface area contributed by atoms with Gasteiger partial charge in [-0.2, -0.15) is 0 Å². The summed E-state index contributed by atoms with van der Waals surface area (Å²) < 4.78 is 5.31. The average molecular weight is 374 g/mol. The van der Waals surface area contributed by atoms with E-state index in [1.165, 1.54) is 0 Å². The molecule has 6 heteroatoms. The normalized spacial score (nSPS) is 14.9. The van der Waals surface area contributed by atoms with Gasteiger partial charge in [-0.05, 0) is 18.2 Å². The topological polar surface area (TPSA) is 44.8 Å². The van der Waals surface area contributed by atoms with Crippen molar-refractivity contribution in [1.29, 1.82) is 0 Å². The molecule has 1 heterocycles. The number of anilines is 1. The van der Waals surface area contributed by atoms with Crippen LogP contribution < -0.4 is 15.0 Å². The molecule has 0 saturated carbocycles. The van der Waals surface area contributed by atoms with Crippen LogP contribution in [0.25, 0.3) is 0 Å². The zero-order valence-electron chi connectivity index (χ0n) is 15.0. The molecule has 0 radical (unpaired) electrons. The highest BCUT2D eigenvalue weighted by Gasteiger charge is 2.20. The van der Waals surface area contributed by atoms with Gasteiger partial charge in [-0.25, -0.2) is 0 Å². The van der Waals surface area contributed by atoms with Crippen LogP contribution in [0.4, 0.5) is 5.69 Å². The van der Waals surface area contributed by atoms with Crippen LogP contribution in [-0.4, -0.2) is 50.6 Å². The van der Waals surface area contributed by atoms with E-state index in [9.17, 15) is 4.79 Å². The molecule has 1 N–H and O–H groups in total. The summed E-state index contributed by atoms with van der Waals surface area (Å²) in [5.74, 6) is 0.822. The van der Waals surface area contributed by atoms with Gasteiger partial charge in [0.25, 0.3) is 0 Å². The van der Waals surface area contributed by atoms with Crippen molar-refractivity contribution in [2.24, 2.45) is 0 Å². The zero-order chi connectivity index (χ0) is 18.4. The highest BCUT2D eigenvalue weighted by Crippen LogP contribution is 2.26. The summed E-state index contributed by atoms with van der Waals surface area (Å²) in [6, 6.07) is 15.6. The number of nitrogens with zero attached hydrogens (tertiary/aromatic N) is 2. The molecule has 1 saturated heterocycles. The number of para-hydroxylation sites is 2. The molecule has 0 bridgehead atoms. The smallest absolute Gasteiger partial charge is 0.234 e. The Morgan fingerprint density at radius 2 is 1.77 bits per heavy atom. The molecule has 1 amide bonds. The lowest BCUT2D eigenvalue weighted by atomic mass is 10.2. The van der Waals surface area contributed by atoms with Crippen molar-refractivity contribution < 1.29 is 9.53 Å². The lowest BCUT2D eigenvalue weighted by molar-refractivity contribution is -0.122. The first-order valence-corrected chi connectivity index (χ1v) is 9.15. The molecule has 5 nitrogen and oxygen atoms in total. The van der Waals surface area contributed by atoms with E-state index in [1.807, 2.05) is 48.5 Å². The number of benzene rings is 2. The average Bonchev–Trinajstić information content (AvgIpc) is 2.68. The monoisotopic (exact) mass is 373 g/mol. The molecule has 0 aliphatic carbocycles. The first-order valence-electron chi connectivity index (χ1n) is 8.78. The molecule has 2 aromatic carbocycles. The first kappa shape index (κ1) is 18.5. The standard InChI is InChI=1S/C20H24ClN3O2/c1-26-19-9-5-2-6-16(19)14-22-20(25)15-23-10-12-24(13-11-23)18-8-4-3-7-17(18)21/h2-9H,10-15H2,1H3,(H,22,25). The van der Waals surface area contributed by atoms with Gasteiger partial charge in [0.1, 0.15) is 5.75 Å². The van der Waals surface area contributed by atoms with E-state index in [4.69, 9.17) is 16.3 Å². The van der Waals surface area contributed by atoms with Gasteiger partial charge < -0.3 is 15.0 Å². The molecule has 26 heavy (non-hydrogen) atoms. The summed E-state index contributed by atoms with van der Waals surface area (Å²) in [5, 5.41) is 3.75. The van der Waals surface area contributed by atoms with Crippen molar-refractivity contribution in [3.05, 3.63) is 59.1 Å². The number of halogens is 1. The number of methoxy groups -OCH3 is 1. The van der Waals surface area contributed by atoms with Crippen molar-refractivity contribution in [3.8, 4) is 5.75 Å². The fourth-order valence-electron chi connectivity index (χ4n) is 3.16. The summed E-state index contributed by atoms with van der Waals surface area (Å²) in [5.41, 5.74) is 2.04. The number of ether oxygens (including phenoxy) is 1. The van der Waals surface area contributed by atoms with Crippen molar-refractivity contribution in [2.45, 2.75) is 6.54 Å². The minimum Gasteiger partial charge on any atom is -0.496 e. The summed E-state index contributed by atoms with van der Waals surface area (Å²) in [4.78, 5) is 16.7. The number of nitrogens with one attached hydrogen (secondary N) is 1. The third-order valence-electron chi connectivity index (χ3n) is 4.60. The van der Waals surface area contributed by atoms with Crippen LogP contribution in [0, 0.1) is 0 Å². The van der Waals surface area contributed by atoms with Crippen molar-refractivity contribution in [1.82, 2.24) is 10.2 Å². The Morgan fingerprint density at radius 3 is 2.50 bits per heavy atom. The Bertz CT molecular complexity index is 745. The molecule has 1 aliphatic rings. The molecule has 1 aliphatic heterocycles. The van der Waals surface area contributed by atoms with Crippen LogP contribution in [0.2, 0.25) is 5.02 Å². The van der Waals surface area contributed by atoms with Gasteiger partial charge in [0, 0.05) is 38.3 Å². The van der Waals surface area contributed by atoms with Crippen LogP contribution in [0.3, 0.4) is 0 Å². The second-order valence-corrected chi connectivity index (χ2v) is 6.71. The Morgan fingerprint density at radius 1 is 1.08 bits per heavy atom. The van der Waals surface area contributed by atoms with Gasteiger partial charge in [-0.1, -0.05) is 41.9 Å². The number of hydrogen-bond acceptors (Lipinski definition) is 4. The number of carbonyl (C=O) groups excluding carboxylic acids is 1. The Balaban J connectivity index is 1.46. The lowest BCUT2D eigenvalue weighted by Crippen LogP contribution is -2.49. The number of hydrogen-bond donors (Lipinski definition) is 1. The SMILES string of the molecule is COc1ccccc1CNC(=O)CN1CCN(c2ccccc2Cl)CC1. The second kappa shape index (κ2) is 8.92. The minimum atomic E-state index is 0.0297. The Labute approximate surface area is 159 Å². The molecule has 0 unspecified atom stereocenters. The predicted molar refractivity (Wildman–Crippen MR) is 105 cm³/mol. The molecule has 3 rings (SSSR count). The van der Waals surface area contributed by atoms with Crippen LogP contribution in [0.15, 0.2) is 48.5 Å². The molecule has 0 spiro atoms. The quantitative estimate of drug-likeness (QED) is 0.845. The van der Waals surface area contributed by atoms with Crippen LogP contribution in [0.1, 0.15) is 5.56 Å². The maximum Gasteiger partial charge on any atom is 0.234 e. The molecule has 1 fully saturated rings. The fourth-order valence-corrected chi connectivity index (χ4v) is 3.41. The predicted octanol–water partition coefficient (Wildman–Crippen LogP) is 2.79. The van der Waals surface area contributed by atoms with Gasteiger partial charge in [-0.3, -0.25) is 9.69 Å². The number of carbonyl (C=O) groups is 1. The number of rotatable bonds is 6. The molecule has 138 valence electrons. The second-order valence-electron chi connectivity index (χ2n) is 6.30. The Hall–Kier alpha value is -2.24. The maximum absolute atomic E-state index is 12.3. The fraction of sp³-hybridized carbons (Fsp3) is 0.350. The van der Waals surface area contributed by atoms with E-state index in [2.05, 4.69) is 15.1 Å². The third-order valence-corrected chi connectivity index (χ3v) is 4.92. The van der Waals surface area contributed by atoms with Gasteiger partial charge in [0.2, 0.25) is 5.91 Å². The summed E-state index contributed by atoms with van der Waals surface area (Å²) in [6.45, 7) is 4.29. The summed E-state index contributed by atoms with van der Waals surface area (Å²) >= 11 is 6.27. The van der Waals surface area contributed by atoms with Gasteiger partial charge in [0.15, 0.2) is 0 Å². The van der Waals surface area contributed by atoms with E-state index in [0.717, 1.165) is 48.2 Å². The zero-order valence-corrected chi connectivity index (χ0v) is 15.7. The van der Waals surface area contributed by atoms with E-state index in [0.29, 0.717) is 13.1 Å². The van der Waals surface area contributed by atoms with E-state index in [1.54, 1.807) is 7.11 Å². The van der Waals surface area contributed by atoms with Gasteiger partial charge in [-0.15, -0.1) is 0 Å². The summed E-state index contributed by atoms with van der Waals surface area (Å²) in [6.07, 6.45) is 0. The van der Waals surface area contributed by atoms with Crippen molar-refractivity contribution in [3.63, 3.8) is 0 Å². The van der Waals surface area contributed by atoms with Crippen molar-refractivity contribution in [2.75, 3.05) is 44.7 Å². The first-order chi connectivity index (χ1) is 12.7. The molecule has 0 atom stereocenters. The van der Waals surface area contributed by atoms with E-state index in [-0.39, 0.29) is 5.91 Å². The van der Waals surface area contributed by atoms with Crippen LogP contribution >= 0.6 is 11.6 Å². The van der Waals surface area contributed by atoms with Crippen LogP contribution in [-0.2, 0) is 11.3 Å². The Kier molecular flexibility index (Phi) is 6.36. The molecular formula is C20H24ClN3O2. The maximum atomic E-state index is 12.3. The third kappa shape index (κ3) is 4.68. The number of piperazine rings is 1. The minimum absolute atomic E-state index is 0.0297. The molecule has 0 aromatic heterocycles. The van der Waals surface area contributed by atoms with Gasteiger partial charge in [0.05, 0.1) is 24.4 Å². The number of amides is 1. The largest absolute Gasteiger partial charge is 0.496 e. The lowest BCUT2D eigenvalue weighted by Gasteiger charge is -2.36. The van der Waals surface area contributed by atoms with Gasteiger partial charge >= 0.3 is 0 Å². The molecular weight excluding hydrogens is 350 g/mol. The highest BCUT2D eigenvalue weighted by molar-refractivity contribution is 6.33. The molecule has 2 aromatic rings. The van der Waals surface area contributed by atoms with E-state index < -0.39 is 0 Å². The van der Waals surface area contributed by atoms with Crippen molar-refractivity contribution >= 4 is 23.2 Å². The van der Waals surface area contributed by atoms with Crippen LogP contribution in [0.5, 0.6) is 5.75 Å². The van der Waals surface area contributed by atoms with E-state index >= 15 is 0 Å². The summed E-state index contributed by atoms with van der Waals surface area (Å²) in [7, 11) is 1.64.